The van der Waals surface area contributed by atoms with Gasteiger partial charge in [0, 0.05) is 18.9 Å². The Bertz CT molecular complexity index is 1020. The molecule has 5 rings (SSSR count). The zero-order chi connectivity index (χ0) is 16.8. The van der Waals surface area contributed by atoms with E-state index in [9.17, 15) is 0 Å². The third-order valence-electron chi connectivity index (χ3n) is 4.47. The van der Waals surface area contributed by atoms with E-state index in [0.717, 1.165) is 22.7 Å². The van der Waals surface area contributed by atoms with Crippen LogP contribution in [0.4, 0.5) is 0 Å². The second-order valence-electron chi connectivity index (χ2n) is 6.38. The van der Waals surface area contributed by atoms with Crippen molar-refractivity contribution in [3.63, 3.8) is 0 Å². The average molecular weight is 335 g/mol. The molecule has 1 fully saturated rings. The molecule has 9 nitrogen and oxygen atoms in total. The Morgan fingerprint density at radius 1 is 1.08 bits per heavy atom. The Morgan fingerprint density at radius 3 is 2.64 bits per heavy atom. The highest BCUT2D eigenvalue weighted by molar-refractivity contribution is 5.61. The summed E-state index contributed by atoms with van der Waals surface area (Å²) in [6.45, 7) is 0.933. The van der Waals surface area contributed by atoms with Crippen molar-refractivity contribution in [2.24, 2.45) is 5.73 Å². The highest BCUT2D eigenvalue weighted by atomic mass is 15.4. The fourth-order valence-electron chi connectivity index (χ4n) is 3.06. The molecule has 0 unspecified atom stereocenters. The molecular weight excluding hydrogens is 318 g/mol. The van der Waals surface area contributed by atoms with Crippen LogP contribution >= 0.6 is 0 Å². The summed E-state index contributed by atoms with van der Waals surface area (Å²) in [5, 5.41) is 16.0. The van der Waals surface area contributed by atoms with Gasteiger partial charge in [-0.15, -0.1) is 15.3 Å². The lowest BCUT2D eigenvalue weighted by Gasteiger charge is -2.07. The Morgan fingerprint density at radius 2 is 1.92 bits per heavy atom. The van der Waals surface area contributed by atoms with Crippen LogP contribution in [0.3, 0.4) is 0 Å². The van der Waals surface area contributed by atoms with Crippen molar-refractivity contribution in [2.45, 2.75) is 31.8 Å². The number of hydrogen-bond donors (Lipinski definition) is 1. The van der Waals surface area contributed by atoms with Crippen molar-refractivity contribution in [3.8, 4) is 5.69 Å². The maximum atomic E-state index is 5.59. The van der Waals surface area contributed by atoms with Crippen molar-refractivity contribution < 1.29 is 0 Å². The zero-order valence-corrected chi connectivity index (χ0v) is 13.5. The van der Waals surface area contributed by atoms with Crippen molar-refractivity contribution in [2.75, 3.05) is 0 Å². The molecule has 0 spiro atoms. The molecule has 0 bridgehead atoms. The van der Waals surface area contributed by atoms with E-state index in [1.165, 1.54) is 18.4 Å². The maximum absolute atomic E-state index is 5.59. The molecule has 1 aliphatic rings. The van der Waals surface area contributed by atoms with Crippen LogP contribution in [0.2, 0.25) is 0 Å². The summed E-state index contributed by atoms with van der Waals surface area (Å²) < 4.78 is 5.74. The molecule has 0 amide bonds. The van der Waals surface area contributed by atoms with E-state index >= 15 is 0 Å². The molecular formula is C16H17N9. The topological polar surface area (TPSA) is 105 Å². The van der Waals surface area contributed by atoms with Gasteiger partial charge in [-0.25, -0.2) is 9.67 Å². The van der Waals surface area contributed by atoms with Crippen LogP contribution in [0.5, 0.6) is 0 Å². The van der Waals surface area contributed by atoms with Gasteiger partial charge in [-0.2, -0.15) is 0 Å². The third kappa shape index (κ3) is 2.58. The van der Waals surface area contributed by atoms with Crippen LogP contribution in [-0.2, 0) is 13.1 Å². The second kappa shape index (κ2) is 5.49. The Hall–Kier alpha value is -3.07. The van der Waals surface area contributed by atoms with Crippen LogP contribution in [0.25, 0.3) is 11.3 Å². The first kappa shape index (κ1) is 14.3. The van der Waals surface area contributed by atoms with E-state index in [2.05, 4.69) is 37.2 Å². The van der Waals surface area contributed by atoms with E-state index < -0.39 is 0 Å². The maximum Gasteiger partial charge on any atom is 0.161 e. The lowest BCUT2D eigenvalue weighted by atomic mass is 10.2. The highest BCUT2D eigenvalue weighted by Crippen LogP contribution is 2.41. The van der Waals surface area contributed by atoms with Gasteiger partial charge in [0.15, 0.2) is 5.65 Å². The summed E-state index contributed by atoms with van der Waals surface area (Å²) in [6.07, 6.45) is 11.9. The van der Waals surface area contributed by atoms with Gasteiger partial charge >= 0.3 is 0 Å². The standard InChI is InChI=1S/C16H17N9/c17-4-13-7-25(22-21-13)8-14-6-23-5-12(11-1-2-11)3-15(16(23)20-14)24-9-18-19-10-24/h3,5-7,9-11H,1-2,4,8,17H2. The highest BCUT2D eigenvalue weighted by Gasteiger charge is 2.25. The molecule has 126 valence electrons. The molecule has 25 heavy (non-hydrogen) atoms. The molecule has 1 saturated carbocycles. The van der Waals surface area contributed by atoms with Crippen LogP contribution in [0.1, 0.15) is 35.7 Å². The lowest BCUT2D eigenvalue weighted by Crippen LogP contribution is -2.01. The lowest BCUT2D eigenvalue weighted by molar-refractivity contribution is 0.640. The van der Waals surface area contributed by atoms with Crippen LogP contribution < -0.4 is 5.73 Å². The smallest absolute Gasteiger partial charge is 0.161 e. The third-order valence-corrected chi connectivity index (χ3v) is 4.47. The van der Waals surface area contributed by atoms with Crippen LogP contribution in [0.15, 0.2) is 37.3 Å². The molecule has 4 aromatic rings. The molecule has 2 N–H and O–H groups in total. The van der Waals surface area contributed by atoms with Crippen molar-refractivity contribution in [3.05, 3.63) is 54.3 Å². The first-order valence-corrected chi connectivity index (χ1v) is 8.26. The van der Waals surface area contributed by atoms with Crippen molar-refractivity contribution in [1.29, 1.82) is 0 Å². The molecule has 0 aliphatic heterocycles. The van der Waals surface area contributed by atoms with E-state index in [-0.39, 0.29) is 0 Å². The first-order valence-electron chi connectivity index (χ1n) is 8.26. The minimum Gasteiger partial charge on any atom is -0.325 e. The number of fused-ring (bicyclic) bond motifs is 1. The second-order valence-corrected chi connectivity index (χ2v) is 6.38. The van der Waals surface area contributed by atoms with Gasteiger partial charge in [0.1, 0.15) is 12.7 Å². The molecule has 0 atom stereocenters. The minimum atomic E-state index is 0.383. The molecule has 0 saturated heterocycles. The van der Waals surface area contributed by atoms with E-state index in [1.807, 2.05) is 17.0 Å². The summed E-state index contributed by atoms with van der Waals surface area (Å²) >= 11 is 0. The zero-order valence-electron chi connectivity index (χ0n) is 13.5. The predicted molar refractivity (Wildman–Crippen MR) is 89.1 cm³/mol. The summed E-state index contributed by atoms with van der Waals surface area (Å²) in [6, 6.07) is 2.19. The van der Waals surface area contributed by atoms with Gasteiger partial charge in [-0.1, -0.05) is 5.21 Å². The summed E-state index contributed by atoms with van der Waals surface area (Å²) in [7, 11) is 0. The molecule has 1 aliphatic carbocycles. The molecule has 4 heterocycles. The number of nitrogens with two attached hydrogens (primary N) is 1. The van der Waals surface area contributed by atoms with Gasteiger partial charge in [-0.05, 0) is 30.4 Å². The van der Waals surface area contributed by atoms with Gasteiger partial charge in [0.05, 0.1) is 29.8 Å². The summed E-state index contributed by atoms with van der Waals surface area (Å²) in [4.78, 5) is 4.79. The van der Waals surface area contributed by atoms with Crippen molar-refractivity contribution in [1.82, 2.24) is 39.1 Å². The largest absolute Gasteiger partial charge is 0.325 e. The van der Waals surface area contributed by atoms with E-state index in [4.69, 9.17) is 10.7 Å². The van der Waals surface area contributed by atoms with Gasteiger partial charge in [-0.3, -0.25) is 4.57 Å². The number of hydrogen-bond acceptors (Lipinski definition) is 6. The molecule has 4 aromatic heterocycles. The SMILES string of the molecule is NCc1cn(Cc2cn3cc(C4CC4)cc(-n4cnnc4)c3n2)nn1. The number of aromatic nitrogens is 8. The average Bonchev–Trinajstić information content (AvgIpc) is 3.03. The number of nitrogens with zero attached hydrogens (tertiary/aromatic N) is 8. The van der Waals surface area contributed by atoms with E-state index in [0.29, 0.717) is 19.0 Å². The molecule has 0 radical (unpaired) electrons. The minimum absolute atomic E-state index is 0.383. The number of imidazole rings is 1. The normalized spacial score (nSPS) is 14.4. The summed E-state index contributed by atoms with van der Waals surface area (Å²) in [5.41, 5.74) is 10.5. The predicted octanol–water partition coefficient (Wildman–Crippen LogP) is 0.891. The molecule has 0 aromatic carbocycles. The Labute approximate surface area is 143 Å². The van der Waals surface area contributed by atoms with Crippen molar-refractivity contribution >= 4 is 5.65 Å². The fourth-order valence-corrected chi connectivity index (χ4v) is 3.06. The quantitative estimate of drug-likeness (QED) is 0.581. The number of pyridine rings is 1. The summed E-state index contributed by atoms with van der Waals surface area (Å²) in [5.74, 6) is 0.646. The van der Waals surface area contributed by atoms with E-state index in [1.54, 1.807) is 17.3 Å². The number of rotatable bonds is 5. The van der Waals surface area contributed by atoms with Gasteiger partial charge in [0.2, 0.25) is 0 Å². The molecule has 9 heteroatoms. The van der Waals surface area contributed by atoms with Gasteiger partial charge in [0.25, 0.3) is 0 Å². The fraction of sp³-hybridized carbons (Fsp3) is 0.312. The van der Waals surface area contributed by atoms with Crippen LogP contribution in [-0.4, -0.2) is 39.1 Å². The Kier molecular flexibility index (Phi) is 3.14. The monoisotopic (exact) mass is 335 g/mol. The Balaban J connectivity index is 1.59. The first-order chi connectivity index (χ1) is 12.3. The van der Waals surface area contributed by atoms with Gasteiger partial charge < -0.3 is 10.1 Å². The van der Waals surface area contributed by atoms with Crippen LogP contribution in [0, 0.1) is 0 Å².